The number of thiazole rings is 1. The van der Waals surface area contributed by atoms with E-state index in [0.717, 1.165) is 13.0 Å². The van der Waals surface area contributed by atoms with Gasteiger partial charge in [-0.3, -0.25) is 4.98 Å². The van der Waals surface area contributed by atoms with Crippen molar-refractivity contribution >= 4 is 11.3 Å². The third-order valence-corrected chi connectivity index (χ3v) is 2.89. The molecule has 1 aromatic rings. The van der Waals surface area contributed by atoms with E-state index in [1.165, 1.54) is 4.88 Å². The van der Waals surface area contributed by atoms with E-state index in [1.807, 2.05) is 25.6 Å². The van der Waals surface area contributed by atoms with Crippen molar-refractivity contribution in [1.29, 1.82) is 0 Å². The van der Waals surface area contributed by atoms with Crippen LogP contribution in [0.25, 0.3) is 0 Å². The predicted molar refractivity (Wildman–Crippen MR) is 50.6 cm³/mol. The number of hydrogen-bond acceptors (Lipinski definition) is 4. The van der Waals surface area contributed by atoms with Crippen LogP contribution in [0.2, 0.25) is 0 Å². The molecule has 72 valence electrons. The molecule has 0 N–H and O–H groups in total. The minimum atomic E-state index is -0.451. The van der Waals surface area contributed by atoms with Crippen LogP contribution in [0.5, 0.6) is 0 Å². The number of rotatable bonds is 1. The van der Waals surface area contributed by atoms with E-state index in [2.05, 4.69) is 4.98 Å². The molecule has 1 saturated heterocycles. The summed E-state index contributed by atoms with van der Waals surface area (Å²) in [6.45, 7) is 4.65. The fourth-order valence-electron chi connectivity index (χ4n) is 1.43. The van der Waals surface area contributed by atoms with E-state index in [1.54, 1.807) is 11.3 Å². The van der Waals surface area contributed by atoms with Gasteiger partial charge in [0.25, 0.3) is 0 Å². The largest absolute Gasteiger partial charge is 0.350 e. The van der Waals surface area contributed by atoms with Gasteiger partial charge < -0.3 is 9.47 Å². The van der Waals surface area contributed by atoms with Gasteiger partial charge in [0.05, 0.1) is 23.1 Å². The Hall–Kier alpha value is -0.450. The highest BCUT2D eigenvalue weighted by atomic mass is 32.1. The zero-order valence-electron chi connectivity index (χ0n) is 7.82. The maximum Gasteiger partial charge on any atom is 0.163 e. The standard InChI is InChI=1S/C9H13NO2S/c1-9(2)11-4-3-7(12-9)8-5-10-6-13-8/h5-7H,3-4H2,1-2H3. The van der Waals surface area contributed by atoms with Gasteiger partial charge in [-0.1, -0.05) is 0 Å². The molecular formula is C9H13NO2S. The van der Waals surface area contributed by atoms with Crippen LogP contribution in [-0.4, -0.2) is 17.4 Å². The van der Waals surface area contributed by atoms with Crippen molar-refractivity contribution < 1.29 is 9.47 Å². The minimum absolute atomic E-state index is 0.163. The molecule has 1 fully saturated rings. The fourth-order valence-corrected chi connectivity index (χ4v) is 2.12. The van der Waals surface area contributed by atoms with Crippen molar-refractivity contribution in [3.05, 3.63) is 16.6 Å². The summed E-state index contributed by atoms with van der Waals surface area (Å²) >= 11 is 1.64. The van der Waals surface area contributed by atoms with Gasteiger partial charge in [-0.05, 0) is 13.8 Å². The van der Waals surface area contributed by atoms with Crippen LogP contribution in [0.3, 0.4) is 0 Å². The number of nitrogens with zero attached hydrogens (tertiary/aromatic N) is 1. The molecule has 0 bridgehead atoms. The van der Waals surface area contributed by atoms with Crippen LogP contribution in [0.1, 0.15) is 31.2 Å². The molecule has 2 rings (SSSR count). The van der Waals surface area contributed by atoms with Gasteiger partial charge >= 0.3 is 0 Å². The van der Waals surface area contributed by atoms with E-state index in [-0.39, 0.29) is 6.10 Å². The van der Waals surface area contributed by atoms with Crippen molar-refractivity contribution in [2.45, 2.75) is 32.2 Å². The molecule has 0 radical (unpaired) electrons. The molecule has 1 atom stereocenters. The maximum absolute atomic E-state index is 5.77. The van der Waals surface area contributed by atoms with E-state index < -0.39 is 5.79 Å². The van der Waals surface area contributed by atoms with Gasteiger partial charge in [0, 0.05) is 12.6 Å². The molecule has 0 spiro atoms. The zero-order chi connectivity index (χ0) is 9.31. The molecular weight excluding hydrogens is 186 g/mol. The molecule has 1 aliphatic rings. The second kappa shape index (κ2) is 3.36. The third-order valence-electron chi connectivity index (χ3n) is 2.02. The van der Waals surface area contributed by atoms with Gasteiger partial charge in [-0.25, -0.2) is 0 Å². The van der Waals surface area contributed by atoms with Crippen LogP contribution < -0.4 is 0 Å². The lowest BCUT2D eigenvalue weighted by molar-refractivity contribution is -0.274. The molecule has 1 aromatic heterocycles. The monoisotopic (exact) mass is 199 g/mol. The lowest BCUT2D eigenvalue weighted by Gasteiger charge is -2.35. The molecule has 0 aromatic carbocycles. The summed E-state index contributed by atoms with van der Waals surface area (Å²) in [5.41, 5.74) is 1.83. The Balaban J connectivity index is 2.09. The second-order valence-corrected chi connectivity index (χ2v) is 4.47. The molecule has 2 heterocycles. The Bertz CT molecular complexity index is 271. The Morgan fingerprint density at radius 2 is 2.46 bits per heavy atom. The van der Waals surface area contributed by atoms with Crippen molar-refractivity contribution in [3.63, 3.8) is 0 Å². The molecule has 1 unspecified atom stereocenters. The van der Waals surface area contributed by atoms with Gasteiger partial charge in [-0.15, -0.1) is 11.3 Å². The quantitative estimate of drug-likeness (QED) is 0.695. The average molecular weight is 199 g/mol. The van der Waals surface area contributed by atoms with Crippen molar-refractivity contribution in [1.82, 2.24) is 4.98 Å². The lowest BCUT2D eigenvalue weighted by Crippen LogP contribution is -2.35. The highest BCUT2D eigenvalue weighted by Gasteiger charge is 2.30. The first-order valence-electron chi connectivity index (χ1n) is 4.37. The van der Waals surface area contributed by atoms with E-state index >= 15 is 0 Å². The molecule has 0 amide bonds. The molecule has 0 aliphatic carbocycles. The average Bonchev–Trinajstić information content (AvgIpc) is 2.53. The first kappa shape index (κ1) is 9.12. The van der Waals surface area contributed by atoms with Crippen LogP contribution in [0.4, 0.5) is 0 Å². The van der Waals surface area contributed by atoms with E-state index in [4.69, 9.17) is 9.47 Å². The number of ether oxygens (including phenoxy) is 2. The molecule has 0 saturated carbocycles. The summed E-state index contributed by atoms with van der Waals surface area (Å²) in [7, 11) is 0. The third kappa shape index (κ3) is 2.07. The zero-order valence-corrected chi connectivity index (χ0v) is 8.63. The van der Waals surface area contributed by atoms with Gasteiger partial charge in [0.2, 0.25) is 0 Å². The molecule has 4 heteroatoms. The summed E-state index contributed by atoms with van der Waals surface area (Å²) in [4.78, 5) is 5.23. The summed E-state index contributed by atoms with van der Waals surface area (Å²) in [6, 6.07) is 0. The van der Waals surface area contributed by atoms with Crippen LogP contribution in [-0.2, 0) is 9.47 Å². The topological polar surface area (TPSA) is 31.4 Å². The fraction of sp³-hybridized carbons (Fsp3) is 0.667. The summed E-state index contributed by atoms with van der Waals surface area (Å²) in [5.74, 6) is -0.451. The summed E-state index contributed by atoms with van der Waals surface area (Å²) < 4.78 is 11.2. The normalized spacial score (nSPS) is 27.4. The van der Waals surface area contributed by atoms with Crippen LogP contribution >= 0.6 is 11.3 Å². The minimum Gasteiger partial charge on any atom is -0.350 e. The van der Waals surface area contributed by atoms with Crippen molar-refractivity contribution in [2.24, 2.45) is 0 Å². The second-order valence-electron chi connectivity index (χ2n) is 3.55. The highest BCUT2D eigenvalue weighted by Crippen LogP contribution is 2.33. The maximum atomic E-state index is 5.77. The van der Waals surface area contributed by atoms with Gasteiger partial charge in [-0.2, -0.15) is 0 Å². The first-order valence-corrected chi connectivity index (χ1v) is 5.25. The number of aromatic nitrogens is 1. The molecule has 1 aliphatic heterocycles. The molecule has 3 nitrogen and oxygen atoms in total. The highest BCUT2D eigenvalue weighted by molar-refractivity contribution is 7.09. The summed E-state index contributed by atoms with van der Waals surface area (Å²) in [6.07, 6.45) is 2.96. The Morgan fingerprint density at radius 1 is 1.62 bits per heavy atom. The predicted octanol–water partition coefficient (Wildman–Crippen LogP) is 2.36. The Kier molecular flexibility index (Phi) is 2.36. The van der Waals surface area contributed by atoms with Gasteiger partial charge in [0.15, 0.2) is 5.79 Å². The van der Waals surface area contributed by atoms with Crippen LogP contribution in [0.15, 0.2) is 11.7 Å². The van der Waals surface area contributed by atoms with Crippen molar-refractivity contribution in [2.75, 3.05) is 6.61 Å². The Morgan fingerprint density at radius 3 is 3.08 bits per heavy atom. The lowest BCUT2D eigenvalue weighted by atomic mass is 10.2. The number of hydrogen-bond donors (Lipinski definition) is 0. The molecule has 13 heavy (non-hydrogen) atoms. The SMILES string of the molecule is CC1(C)OCCC(c2cncs2)O1. The Labute approximate surface area is 81.7 Å². The van der Waals surface area contributed by atoms with Gasteiger partial charge in [0.1, 0.15) is 0 Å². The summed E-state index contributed by atoms with van der Waals surface area (Å²) in [5, 5.41) is 0. The van der Waals surface area contributed by atoms with Crippen molar-refractivity contribution in [3.8, 4) is 0 Å². The smallest absolute Gasteiger partial charge is 0.163 e. The first-order chi connectivity index (χ1) is 6.17. The van der Waals surface area contributed by atoms with Crippen LogP contribution in [0, 0.1) is 0 Å². The van der Waals surface area contributed by atoms with E-state index in [0.29, 0.717) is 0 Å². The van der Waals surface area contributed by atoms with E-state index in [9.17, 15) is 0 Å².